The minimum Gasteiger partial charge on any atom is -0.381 e. The molecule has 2 heterocycles. The van der Waals surface area contributed by atoms with Crippen LogP contribution in [0.5, 0.6) is 0 Å². The highest BCUT2D eigenvalue weighted by molar-refractivity contribution is 6.32. The molecule has 0 saturated heterocycles. The molecule has 0 saturated carbocycles. The van der Waals surface area contributed by atoms with Crippen molar-refractivity contribution in [2.45, 2.75) is 6.54 Å². The molecule has 2 N–H and O–H groups in total. The first-order chi connectivity index (χ1) is 6.66. The topological polar surface area (TPSA) is 61.7 Å². The quantitative estimate of drug-likeness (QED) is 0.803. The zero-order valence-corrected chi connectivity index (χ0v) is 8.44. The molecule has 0 aromatic carbocycles. The number of nitrogens with two attached hydrogens (primary N) is 1. The second-order valence-corrected chi connectivity index (χ2v) is 3.46. The maximum atomic E-state index is 5.78. The van der Waals surface area contributed by atoms with Crippen molar-refractivity contribution in [2.24, 2.45) is 7.05 Å². The molecular weight excluding hydrogens is 202 g/mol. The summed E-state index contributed by atoms with van der Waals surface area (Å²) in [5, 5.41) is 4.53. The molecule has 0 atom stereocenters. The molecule has 2 aromatic heterocycles. The maximum absolute atomic E-state index is 5.78. The Labute approximate surface area is 86.1 Å². The van der Waals surface area contributed by atoms with Gasteiger partial charge < -0.3 is 10.3 Å². The van der Waals surface area contributed by atoms with Gasteiger partial charge in [-0.2, -0.15) is 5.10 Å². The van der Waals surface area contributed by atoms with Gasteiger partial charge in [-0.05, 0) is 0 Å². The van der Waals surface area contributed by atoms with Gasteiger partial charge in [0.25, 0.3) is 0 Å². The van der Waals surface area contributed by atoms with Gasteiger partial charge in [-0.25, -0.2) is 4.98 Å². The zero-order chi connectivity index (χ0) is 10.1. The van der Waals surface area contributed by atoms with Crippen LogP contribution in [0.1, 0.15) is 5.69 Å². The molecule has 0 aliphatic carbocycles. The highest BCUT2D eigenvalue weighted by Crippen LogP contribution is 2.15. The molecule has 0 spiro atoms. The predicted molar refractivity (Wildman–Crippen MR) is 54.0 cm³/mol. The van der Waals surface area contributed by atoms with Crippen molar-refractivity contribution >= 4 is 17.4 Å². The minimum absolute atomic E-state index is 0.355. The van der Waals surface area contributed by atoms with E-state index in [1.165, 1.54) is 0 Å². The third-order valence-corrected chi connectivity index (χ3v) is 2.27. The van der Waals surface area contributed by atoms with E-state index in [1.54, 1.807) is 23.4 Å². The van der Waals surface area contributed by atoms with Crippen molar-refractivity contribution in [1.29, 1.82) is 0 Å². The molecule has 2 rings (SSSR count). The lowest BCUT2D eigenvalue weighted by Crippen LogP contribution is -2.04. The second kappa shape index (κ2) is 3.34. The van der Waals surface area contributed by atoms with Gasteiger partial charge in [-0.15, -0.1) is 0 Å². The van der Waals surface area contributed by atoms with E-state index < -0.39 is 0 Å². The molecular formula is C8H10ClN5. The summed E-state index contributed by atoms with van der Waals surface area (Å²) in [4.78, 5) is 4.00. The molecule has 6 heteroatoms. The molecule has 5 nitrogen and oxygen atoms in total. The van der Waals surface area contributed by atoms with Gasteiger partial charge in [0.15, 0.2) is 5.82 Å². The van der Waals surface area contributed by atoms with Gasteiger partial charge in [0.2, 0.25) is 0 Å². The maximum Gasteiger partial charge on any atom is 0.164 e. The summed E-state index contributed by atoms with van der Waals surface area (Å²) in [7, 11) is 1.93. The van der Waals surface area contributed by atoms with Crippen LogP contribution in [0.3, 0.4) is 0 Å². The van der Waals surface area contributed by atoms with Crippen LogP contribution in [0, 0.1) is 0 Å². The van der Waals surface area contributed by atoms with Crippen molar-refractivity contribution in [1.82, 2.24) is 19.3 Å². The van der Waals surface area contributed by atoms with E-state index in [0.29, 0.717) is 17.4 Å². The first-order valence-corrected chi connectivity index (χ1v) is 4.48. The number of aryl methyl sites for hydroxylation is 1. The van der Waals surface area contributed by atoms with E-state index in [-0.39, 0.29) is 0 Å². The fourth-order valence-corrected chi connectivity index (χ4v) is 1.35. The lowest BCUT2D eigenvalue weighted by atomic mass is 10.5. The van der Waals surface area contributed by atoms with Gasteiger partial charge >= 0.3 is 0 Å². The Morgan fingerprint density at radius 1 is 1.57 bits per heavy atom. The Morgan fingerprint density at radius 2 is 2.36 bits per heavy atom. The number of hydrogen-bond donors (Lipinski definition) is 1. The van der Waals surface area contributed by atoms with Gasteiger partial charge in [-0.3, -0.25) is 4.68 Å². The highest BCUT2D eigenvalue weighted by atomic mass is 35.5. The van der Waals surface area contributed by atoms with Crippen molar-refractivity contribution in [3.63, 3.8) is 0 Å². The number of imidazole rings is 1. The molecule has 0 amide bonds. The van der Waals surface area contributed by atoms with Crippen LogP contribution in [0.15, 0.2) is 18.7 Å². The molecule has 0 aliphatic heterocycles. The monoisotopic (exact) mass is 211 g/mol. The van der Waals surface area contributed by atoms with Crippen LogP contribution in [0.4, 0.5) is 5.82 Å². The molecule has 0 radical (unpaired) electrons. The average Bonchev–Trinajstić information content (AvgIpc) is 2.63. The Bertz CT molecular complexity index is 425. The van der Waals surface area contributed by atoms with Crippen LogP contribution in [0.25, 0.3) is 0 Å². The Hall–Kier alpha value is -1.49. The van der Waals surface area contributed by atoms with E-state index in [9.17, 15) is 0 Å². The number of nitrogens with zero attached hydrogens (tertiary/aromatic N) is 4. The molecule has 0 bridgehead atoms. The highest BCUT2D eigenvalue weighted by Gasteiger charge is 2.04. The number of aromatic nitrogens is 4. The van der Waals surface area contributed by atoms with Crippen molar-refractivity contribution in [2.75, 3.05) is 5.73 Å². The van der Waals surface area contributed by atoms with Crippen LogP contribution in [-0.4, -0.2) is 19.3 Å². The summed E-state index contributed by atoms with van der Waals surface area (Å²) < 4.78 is 3.61. The molecule has 74 valence electrons. The standard InChI is InChI=1S/C8H10ClN5/c1-13-5-11-2-6(13)3-14-4-7(9)8(10)12-14/h2,4-5H,3H2,1H3,(H2,10,12). The third-order valence-electron chi connectivity index (χ3n) is 1.98. The fraction of sp³-hybridized carbons (Fsp3) is 0.250. The van der Waals surface area contributed by atoms with Crippen LogP contribution < -0.4 is 5.73 Å². The summed E-state index contributed by atoms with van der Waals surface area (Å²) in [6.07, 6.45) is 5.22. The number of nitrogen functional groups attached to an aromatic ring is 1. The first kappa shape index (κ1) is 9.08. The van der Waals surface area contributed by atoms with Gasteiger partial charge in [0, 0.05) is 13.2 Å². The smallest absolute Gasteiger partial charge is 0.164 e. The van der Waals surface area contributed by atoms with Crippen molar-refractivity contribution < 1.29 is 0 Å². The molecule has 14 heavy (non-hydrogen) atoms. The number of anilines is 1. The summed E-state index contributed by atoms with van der Waals surface area (Å²) in [5.41, 5.74) is 6.57. The number of rotatable bonds is 2. The van der Waals surface area contributed by atoms with Crippen LogP contribution >= 0.6 is 11.6 Å². The summed E-state index contributed by atoms with van der Waals surface area (Å²) in [6.45, 7) is 0.618. The molecule has 0 aliphatic rings. The van der Waals surface area contributed by atoms with E-state index in [2.05, 4.69) is 10.1 Å². The zero-order valence-electron chi connectivity index (χ0n) is 7.68. The molecule has 2 aromatic rings. The van der Waals surface area contributed by atoms with E-state index in [4.69, 9.17) is 17.3 Å². The lowest BCUT2D eigenvalue weighted by molar-refractivity contribution is 0.651. The molecule has 0 unspecified atom stereocenters. The summed E-state index contributed by atoms with van der Waals surface area (Å²) >= 11 is 5.78. The van der Waals surface area contributed by atoms with Gasteiger partial charge in [0.1, 0.15) is 5.02 Å². The third kappa shape index (κ3) is 1.58. The van der Waals surface area contributed by atoms with E-state index >= 15 is 0 Å². The normalized spacial score (nSPS) is 10.7. The summed E-state index contributed by atoms with van der Waals surface area (Å²) in [6, 6.07) is 0. The Kier molecular flexibility index (Phi) is 2.17. The minimum atomic E-state index is 0.355. The van der Waals surface area contributed by atoms with Crippen molar-refractivity contribution in [3.8, 4) is 0 Å². The van der Waals surface area contributed by atoms with E-state index in [1.807, 2.05) is 11.6 Å². The Balaban J connectivity index is 2.23. The first-order valence-electron chi connectivity index (χ1n) is 4.10. The van der Waals surface area contributed by atoms with Gasteiger partial charge in [-0.1, -0.05) is 11.6 Å². The van der Waals surface area contributed by atoms with Crippen LogP contribution in [0.2, 0.25) is 5.02 Å². The predicted octanol–water partition coefficient (Wildman–Crippen LogP) is 0.900. The van der Waals surface area contributed by atoms with Crippen molar-refractivity contribution in [3.05, 3.63) is 29.4 Å². The number of halogens is 1. The average molecular weight is 212 g/mol. The molecule has 0 fully saturated rings. The van der Waals surface area contributed by atoms with E-state index in [0.717, 1.165) is 5.69 Å². The SMILES string of the molecule is Cn1cncc1Cn1cc(Cl)c(N)n1. The second-order valence-electron chi connectivity index (χ2n) is 3.06. The lowest BCUT2D eigenvalue weighted by Gasteiger charge is -2.01. The largest absolute Gasteiger partial charge is 0.381 e. The number of hydrogen-bond acceptors (Lipinski definition) is 3. The summed E-state index contributed by atoms with van der Waals surface area (Å²) in [5.74, 6) is 0.355. The Morgan fingerprint density at radius 3 is 2.86 bits per heavy atom. The fourth-order valence-electron chi connectivity index (χ4n) is 1.20. The van der Waals surface area contributed by atoms with Gasteiger partial charge in [0.05, 0.1) is 24.8 Å². The van der Waals surface area contributed by atoms with Crippen LogP contribution in [-0.2, 0) is 13.6 Å².